The van der Waals surface area contributed by atoms with E-state index in [0.29, 0.717) is 10.2 Å². The monoisotopic (exact) mass is 422 g/mol. The molecular weight excluding hydrogens is 413 g/mol. The number of halogens is 4. The summed E-state index contributed by atoms with van der Waals surface area (Å²) in [7, 11) is 0. The van der Waals surface area contributed by atoms with Gasteiger partial charge in [0.25, 0.3) is 12.3 Å². The van der Waals surface area contributed by atoms with Gasteiger partial charge >= 0.3 is 0 Å². The fraction of sp³-hybridized carbons (Fsp3) is 0.0588. The molecule has 1 aliphatic carbocycles. The van der Waals surface area contributed by atoms with Crippen LogP contribution >= 0.6 is 15.9 Å². The predicted octanol–water partition coefficient (Wildman–Crippen LogP) is 4.39. The highest BCUT2D eigenvalue weighted by molar-refractivity contribution is 9.10. The highest BCUT2D eigenvalue weighted by Gasteiger charge is 2.29. The molecule has 4 rings (SSSR count). The molecule has 0 bridgehead atoms. The number of carbonyl (C=O) groups excluding carboxylic acids is 1. The summed E-state index contributed by atoms with van der Waals surface area (Å²) in [4.78, 5) is 12.5. The van der Waals surface area contributed by atoms with Gasteiger partial charge in [0.1, 0.15) is 22.9 Å². The molecule has 1 aromatic carbocycles. The number of benzene rings is 1. The molecule has 132 valence electrons. The van der Waals surface area contributed by atoms with E-state index in [0.717, 1.165) is 10.3 Å². The first kappa shape index (κ1) is 16.6. The quantitative estimate of drug-likeness (QED) is 0.770. The molecule has 2 aliphatic rings. The molecular formula is C17H10BrF3N4O. The molecule has 0 spiro atoms. The second-order valence-corrected chi connectivity index (χ2v) is 6.51. The van der Waals surface area contributed by atoms with E-state index in [1.165, 1.54) is 24.4 Å². The van der Waals surface area contributed by atoms with Gasteiger partial charge in [-0.2, -0.15) is 5.10 Å². The second-order valence-electron chi connectivity index (χ2n) is 5.59. The zero-order valence-corrected chi connectivity index (χ0v) is 14.5. The molecule has 1 aliphatic heterocycles. The average Bonchev–Trinajstić information content (AvgIpc) is 3.35. The van der Waals surface area contributed by atoms with Crippen LogP contribution in [0.4, 0.5) is 24.7 Å². The van der Waals surface area contributed by atoms with Crippen LogP contribution in [0, 0.1) is 5.82 Å². The number of amides is 1. The Balaban J connectivity index is 1.68. The normalized spacial score (nSPS) is 14.9. The van der Waals surface area contributed by atoms with Gasteiger partial charge in [0.2, 0.25) is 0 Å². The van der Waals surface area contributed by atoms with Crippen LogP contribution < -0.4 is 10.6 Å². The Labute approximate surface area is 154 Å². The zero-order valence-electron chi connectivity index (χ0n) is 12.9. The number of aromatic nitrogens is 2. The van der Waals surface area contributed by atoms with Gasteiger partial charge in [0.15, 0.2) is 0 Å². The van der Waals surface area contributed by atoms with E-state index < -0.39 is 18.1 Å². The molecule has 2 heterocycles. The summed E-state index contributed by atoms with van der Waals surface area (Å²) in [5, 5.41) is 9.23. The number of carbonyl (C=O) groups is 1. The molecule has 0 saturated carbocycles. The predicted molar refractivity (Wildman–Crippen MR) is 94.3 cm³/mol. The lowest BCUT2D eigenvalue weighted by Gasteiger charge is -2.20. The third-order valence-corrected chi connectivity index (χ3v) is 4.34. The number of rotatable bonds is 3. The van der Waals surface area contributed by atoms with E-state index in [4.69, 9.17) is 0 Å². The van der Waals surface area contributed by atoms with Crippen molar-refractivity contribution in [2.75, 3.05) is 10.6 Å². The molecule has 2 aromatic rings. The van der Waals surface area contributed by atoms with Gasteiger partial charge in [-0.15, -0.1) is 0 Å². The van der Waals surface area contributed by atoms with Crippen LogP contribution in [0.5, 0.6) is 0 Å². The van der Waals surface area contributed by atoms with Crippen LogP contribution in [0.15, 0.2) is 58.4 Å². The SMILES string of the molecule is O=C(Nc1ccc(Br)cc1F)c1cnn2c1NC(=C1C=C1)C=C2C(F)F. The summed E-state index contributed by atoms with van der Waals surface area (Å²) < 4.78 is 42.1. The molecule has 26 heavy (non-hydrogen) atoms. The van der Waals surface area contributed by atoms with Crippen molar-refractivity contribution in [3.63, 3.8) is 0 Å². The van der Waals surface area contributed by atoms with Crippen molar-refractivity contribution < 1.29 is 18.0 Å². The Morgan fingerprint density at radius 2 is 2.08 bits per heavy atom. The van der Waals surface area contributed by atoms with Gasteiger partial charge in [0.05, 0.1) is 11.9 Å². The lowest BCUT2D eigenvalue weighted by molar-refractivity contribution is 0.102. The number of alkyl halides is 2. The summed E-state index contributed by atoms with van der Waals surface area (Å²) in [5.41, 5.74) is 0.875. The van der Waals surface area contributed by atoms with Crippen LogP contribution in [0.1, 0.15) is 10.4 Å². The first-order valence-corrected chi connectivity index (χ1v) is 8.27. The maximum absolute atomic E-state index is 13.9. The molecule has 0 fully saturated rings. The first-order valence-electron chi connectivity index (χ1n) is 7.48. The molecule has 0 unspecified atom stereocenters. The van der Waals surface area contributed by atoms with Gasteiger partial charge in [-0.3, -0.25) is 4.79 Å². The minimum absolute atomic E-state index is 0.0253. The smallest absolute Gasteiger partial charge is 0.280 e. The highest BCUT2D eigenvalue weighted by Crippen LogP contribution is 2.34. The lowest BCUT2D eigenvalue weighted by Crippen LogP contribution is -2.20. The Hall–Kier alpha value is -2.81. The maximum atomic E-state index is 13.9. The molecule has 9 heteroatoms. The van der Waals surface area contributed by atoms with Crippen LogP contribution in [-0.4, -0.2) is 22.1 Å². The second kappa shape index (κ2) is 6.17. The van der Waals surface area contributed by atoms with Crippen LogP contribution in [0.2, 0.25) is 0 Å². The summed E-state index contributed by atoms with van der Waals surface area (Å²) >= 11 is 3.13. The van der Waals surface area contributed by atoms with E-state index >= 15 is 0 Å². The molecule has 5 nitrogen and oxygen atoms in total. The Morgan fingerprint density at radius 3 is 2.73 bits per heavy atom. The number of nitrogens with one attached hydrogen (secondary N) is 2. The molecule has 0 atom stereocenters. The van der Waals surface area contributed by atoms with Crippen molar-refractivity contribution in [3.8, 4) is 0 Å². The van der Waals surface area contributed by atoms with Crippen LogP contribution in [0.3, 0.4) is 0 Å². The van der Waals surface area contributed by atoms with Crippen molar-refractivity contribution in [2.24, 2.45) is 0 Å². The standard InChI is InChI=1S/C17H10BrF3N4O/c18-9-3-4-12(11(19)5-9)24-17(26)10-7-22-25-14(15(20)21)6-13(8-1-2-8)23-16(10)25/h1-7,15,23H,(H,24,26). The van der Waals surface area contributed by atoms with E-state index in [1.54, 1.807) is 18.2 Å². The van der Waals surface area contributed by atoms with Gasteiger partial charge in [-0.05, 0) is 29.8 Å². The van der Waals surface area contributed by atoms with Crippen molar-refractivity contribution in [1.29, 1.82) is 0 Å². The molecule has 0 saturated heterocycles. The average molecular weight is 423 g/mol. The first-order chi connectivity index (χ1) is 12.4. The summed E-state index contributed by atoms with van der Waals surface area (Å²) in [5.74, 6) is -1.18. The fourth-order valence-electron chi connectivity index (χ4n) is 2.52. The van der Waals surface area contributed by atoms with E-state index in [9.17, 15) is 18.0 Å². The Kier molecular flexibility index (Phi) is 3.95. The number of hydrogen-bond acceptors (Lipinski definition) is 3. The minimum Gasteiger partial charge on any atom is -0.339 e. The third kappa shape index (κ3) is 2.94. The van der Waals surface area contributed by atoms with E-state index in [2.05, 4.69) is 31.7 Å². The topological polar surface area (TPSA) is 59.0 Å². The molecule has 0 radical (unpaired) electrons. The number of anilines is 2. The zero-order chi connectivity index (χ0) is 18.4. The largest absolute Gasteiger partial charge is 0.339 e. The number of nitrogens with zero attached hydrogens (tertiary/aromatic N) is 2. The van der Waals surface area contributed by atoms with Gasteiger partial charge in [-0.1, -0.05) is 28.1 Å². The van der Waals surface area contributed by atoms with Gasteiger partial charge in [-0.25, -0.2) is 17.9 Å². The fourth-order valence-corrected chi connectivity index (χ4v) is 2.85. The van der Waals surface area contributed by atoms with Crippen molar-refractivity contribution in [3.05, 3.63) is 69.7 Å². The number of allylic oxidation sites excluding steroid dienone is 5. The lowest BCUT2D eigenvalue weighted by atomic mass is 10.2. The molecule has 2 N–H and O–H groups in total. The molecule has 1 aromatic heterocycles. The maximum Gasteiger partial charge on any atom is 0.280 e. The van der Waals surface area contributed by atoms with Crippen molar-refractivity contribution in [1.82, 2.24) is 9.78 Å². The Morgan fingerprint density at radius 1 is 1.31 bits per heavy atom. The highest BCUT2D eigenvalue weighted by atomic mass is 79.9. The van der Waals surface area contributed by atoms with E-state index in [-0.39, 0.29) is 22.8 Å². The van der Waals surface area contributed by atoms with Gasteiger partial charge < -0.3 is 10.6 Å². The molecule has 1 amide bonds. The number of hydrogen-bond donors (Lipinski definition) is 2. The minimum atomic E-state index is -2.77. The summed E-state index contributed by atoms with van der Waals surface area (Å²) in [6.07, 6.45) is 3.19. The van der Waals surface area contributed by atoms with Crippen LogP contribution in [-0.2, 0) is 0 Å². The Bertz CT molecular complexity index is 1020. The summed E-state index contributed by atoms with van der Waals surface area (Å²) in [6.45, 7) is 0. The van der Waals surface area contributed by atoms with Gasteiger partial charge in [0, 0.05) is 10.2 Å². The summed E-state index contributed by atoms with van der Waals surface area (Å²) in [6, 6.07) is 4.18. The van der Waals surface area contributed by atoms with E-state index in [1.807, 2.05) is 0 Å². The van der Waals surface area contributed by atoms with Crippen molar-refractivity contribution >= 4 is 39.0 Å². The van der Waals surface area contributed by atoms with Crippen LogP contribution in [0.25, 0.3) is 5.70 Å². The third-order valence-electron chi connectivity index (χ3n) is 3.85. The van der Waals surface area contributed by atoms with Crippen molar-refractivity contribution in [2.45, 2.75) is 6.43 Å². The number of fused-ring (bicyclic) bond motifs is 1.